The first-order valence-corrected chi connectivity index (χ1v) is 10.6. The number of nitriles is 1. The molecular formula is C27H22N4O. The van der Waals surface area contributed by atoms with E-state index in [0.717, 1.165) is 27.7 Å². The molecule has 2 heterocycles. The third kappa shape index (κ3) is 3.41. The van der Waals surface area contributed by atoms with Crippen molar-refractivity contribution in [3.8, 4) is 6.07 Å². The van der Waals surface area contributed by atoms with Crippen molar-refractivity contribution in [2.24, 2.45) is 0 Å². The van der Waals surface area contributed by atoms with Gasteiger partial charge in [-0.3, -0.25) is 14.3 Å². The van der Waals surface area contributed by atoms with E-state index in [9.17, 15) is 10.1 Å². The number of likely N-dealkylation sites (N-methyl/N-ethyl adjacent to an activating group) is 1. The van der Waals surface area contributed by atoms with Crippen molar-refractivity contribution in [3.63, 3.8) is 0 Å². The van der Waals surface area contributed by atoms with E-state index in [1.165, 1.54) is 0 Å². The lowest BCUT2D eigenvalue weighted by Gasteiger charge is -2.31. The zero-order valence-corrected chi connectivity index (χ0v) is 17.7. The second kappa shape index (κ2) is 8.26. The SMILES string of the molecule is CN(CC1=CC(=O)n2c(nc3ccccc32)C1C#N)C(c1ccccc1)c1ccccc1. The summed E-state index contributed by atoms with van der Waals surface area (Å²) in [4.78, 5) is 19.9. The Hall–Kier alpha value is -4.01. The molecule has 1 aliphatic rings. The molecule has 1 atom stereocenters. The highest BCUT2D eigenvalue weighted by Crippen LogP contribution is 2.34. The lowest BCUT2D eigenvalue weighted by atomic mass is 9.93. The van der Waals surface area contributed by atoms with E-state index in [1.807, 2.05) is 67.7 Å². The fraction of sp³-hybridized carbons (Fsp3) is 0.148. The van der Waals surface area contributed by atoms with Gasteiger partial charge in [0, 0.05) is 12.6 Å². The molecule has 3 aromatic carbocycles. The minimum Gasteiger partial charge on any atom is -0.291 e. The zero-order valence-electron chi connectivity index (χ0n) is 17.7. The zero-order chi connectivity index (χ0) is 22.1. The number of imidazole rings is 1. The number of hydrogen-bond donors (Lipinski definition) is 0. The van der Waals surface area contributed by atoms with Crippen LogP contribution in [0.25, 0.3) is 11.0 Å². The van der Waals surface area contributed by atoms with Crippen LogP contribution in [0.1, 0.15) is 33.7 Å². The number of para-hydroxylation sites is 2. The van der Waals surface area contributed by atoms with E-state index in [-0.39, 0.29) is 11.9 Å². The van der Waals surface area contributed by atoms with Crippen molar-refractivity contribution in [3.05, 3.63) is 114 Å². The molecule has 1 aromatic heterocycles. The molecule has 1 unspecified atom stereocenters. The Balaban J connectivity index is 1.52. The van der Waals surface area contributed by atoms with Crippen LogP contribution in [0.5, 0.6) is 0 Å². The molecule has 0 amide bonds. The largest absolute Gasteiger partial charge is 0.291 e. The van der Waals surface area contributed by atoms with Crippen LogP contribution >= 0.6 is 0 Å². The molecule has 5 rings (SSSR count). The first kappa shape index (κ1) is 19.9. The van der Waals surface area contributed by atoms with Gasteiger partial charge in [0.15, 0.2) is 0 Å². The second-order valence-corrected chi connectivity index (χ2v) is 8.05. The number of nitrogens with zero attached hydrogens (tertiary/aromatic N) is 4. The summed E-state index contributed by atoms with van der Waals surface area (Å²) < 4.78 is 1.57. The maximum atomic E-state index is 13.0. The summed E-state index contributed by atoms with van der Waals surface area (Å²) in [6.07, 6.45) is 1.61. The van der Waals surface area contributed by atoms with E-state index in [2.05, 4.69) is 40.2 Å². The molecule has 32 heavy (non-hydrogen) atoms. The van der Waals surface area contributed by atoms with E-state index in [0.29, 0.717) is 12.4 Å². The predicted molar refractivity (Wildman–Crippen MR) is 124 cm³/mol. The van der Waals surface area contributed by atoms with Gasteiger partial charge in [0.1, 0.15) is 11.7 Å². The standard InChI is InChI=1S/C27H22N4O/c1-30(26(19-10-4-2-5-11-19)20-12-6-3-7-13-20)18-21-16-25(32)31-24-15-9-8-14-23(24)29-27(31)22(21)17-28/h2-16,22,26H,18H2,1H3. The fourth-order valence-electron chi connectivity index (χ4n) is 4.57. The highest BCUT2D eigenvalue weighted by molar-refractivity contribution is 5.99. The van der Waals surface area contributed by atoms with Crippen molar-refractivity contribution < 1.29 is 4.79 Å². The third-order valence-electron chi connectivity index (χ3n) is 5.98. The molecule has 0 saturated carbocycles. The molecule has 5 nitrogen and oxygen atoms in total. The van der Waals surface area contributed by atoms with Gasteiger partial charge in [0.05, 0.1) is 23.1 Å². The van der Waals surface area contributed by atoms with Crippen molar-refractivity contribution in [1.29, 1.82) is 5.26 Å². The Labute approximate surface area is 186 Å². The Kier molecular flexibility index (Phi) is 5.14. The first-order chi connectivity index (χ1) is 15.7. The molecule has 0 saturated heterocycles. The third-order valence-corrected chi connectivity index (χ3v) is 5.98. The number of benzene rings is 3. The predicted octanol–water partition coefficient (Wildman–Crippen LogP) is 4.95. The minimum absolute atomic E-state index is 0.00603. The molecule has 0 N–H and O–H groups in total. The quantitative estimate of drug-likeness (QED) is 0.460. The molecule has 0 bridgehead atoms. The van der Waals surface area contributed by atoms with Crippen LogP contribution in [0.2, 0.25) is 0 Å². The van der Waals surface area contributed by atoms with Crippen molar-refractivity contribution >= 4 is 16.9 Å². The average molecular weight is 419 g/mol. The topological polar surface area (TPSA) is 61.9 Å². The van der Waals surface area contributed by atoms with E-state index >= 15 is 0 Å². The van der Waals surface area contributed by atoms with Crippen molar-refractivity contribution in [2.75, 3.05) is 13.6 Å². The van der Waals surface area contributed by atoms with E-state index < -0.39 is 5.92 Å². The monoisotopic (exact) mass is 418 g/mol. The van der Waals surface area contributed by atoms with E-state index in [4.69, 9.17) is 0 Å². The summed E-state index contributed by atoms with van der Waals surface area (Å²) in [7, 11) is 2.03. The summed E-state index contributed by atoms with van der Waals surface area (Å²) in [5, 5.41) is 10.0. The van der Waals surface area contributed by atoms with E-state index in [1.54, 1.807) is 10.6 Å². The van der Waals surface area contributed by atoms with Crippen LogP contribution in [0, 0.1) is 11.3 Å². The summed E-state index contributed by atoms with van der Waals surface area (Å²) >= 11 is 0. The normalized spacial score (nSPS) is 15.6. The fourth-order valence-corrected chi connectivity index (χ4v) is 4.57. The highest BCUT2D eigenvalue weighted by atomic mass is 16.2. The van der Waals surface area contributed by atoms with Gasteiger partial charge in [-0.25, -0.2) is 4.98 Å². The van der Waals surface area contributed by atoms with Gasteiger partial charge in [-0.2, -0.15) is 5.26 Å². The number of aromatic nitrogens is 2. The van der Waals surface area contributed by atoms with Crippen LogP contribution < -0.4 is 0 Å². The molecule has 0 radical (unpaired) electrons. The average Bonchev–Trinajstić information content (AvgIpc) is 3.21. The van der Waals surface area contributed by atoms with Gasteiger partial charge >= 0.3 is 0 Å². The Morgan fingerprint density at radius 1 is 0.969 bits per heavy atom. The van der Waals surface area contributed by atoms with Crippen LogP contribution in [-0.4, -0.2) is 34.0 Å². The number of carbonyl (C=O) groups is 1. The summed E-state index contributed by atoms with van der Waals surface area (Å²) in [5.41, 5.74) is 4.54. The Bertz CT molecular complexity index is 1310. The maximum Gasteiger partial charge on any atom is 0.256 e. The Morgan fingerprint density at radius 3 is 2.19 bits per heavy atom. The first-order valence-electron chi connectivity index (χ1n) is 10.6. The highest BCUT2D eigenvalue weighted by Gasteiger charge is 2.32. The molecule has 4 aromatic rings. The number of fused-ring (bicyclic) bond motifs is 3. The summed E-state index contributed by atoms with van der Waals surface area (Å²) in [6.45, 7) is 0.474. The number of rotatable bonds is 5. The number of hydrogen-bond acceptors (Lipinski definition) is 4. The smallest absolute Gasteiger partial charge is 0.256 e. The Morgan fingerprint density at radius 2 is 1.56 bits per heavy atom. The van der Waals surface area contributed by atoms with Crippen molar-refractivity contribution in [2.45, 2.75) is 12.0 Å². The van der Waals surface area contributed by atoms with Gasteiger partial charge in [0.25, 0.3) is 5.91 Å². The second-order valence-electron chi connectivity index (χ2n) is 8.05. The molecule has 0 fully saturated rings. The summed E-state index contributed by atoms with van der Waals surface area (Å²) in [5.74, 6) is -0.227. The molecule has 0 spiro atoms. The van der Waals surface area contributed by atoms with Gasteiger partial charge in [-0.1, -0.05) is 72.8 Å². The van der Waals surface area contributed by atoms with Crippen LogP contribution in [0.3, 0.4) is 0 Å². The van der Waals surface area contributed by atoms with Crippen molar-refractivity contribution in [1.82, 2.24) is 14.5 Å². The summed E-state index contributed by atoms with van der Waals surface area (Å²) in [6, 6.07) is 30.4. The van der Waals surface area contributed by atoms with Crippen LogP contribution in [0.4, 0.5) is 0 Å². The number of carbonyl (C=O) groups excluding carboxylic acids is 1. The molecule has 156 valence electrons. The maximum absolute atomic E-state index is 13.0. The molecule has 0 aliphatic carbocycles. The van der Waals surface area contributed by atoms with Gasteiger partial charge in [-0.05, 0) is 35.9 Å². The number of allylic oxidation sites excluding steroid dienone is 1. The lowest BCUT2D eigenvalue weighted by Crippen LogP contribution is -2.32. The minimum atomic E-state index is -0.574. The molecule has 5 heteroatoms. The van der Waals surface area contributed by atoms with Gasteiger partial charge < -0.3 is 0 Å². The van der Waals surface area contributed by atoms with Gasteiger partial charge in [-0.15, -0.1) is 0 Å². The van der Waals surface area contributed by atoms with Crippen LogP contribution in [-0.2, 0) is 0 Å². The van der Waals surface area contributed by atoms with Crippen LogP contribution in [0.15, 0.2) is 96.6 Å². The molecule has 1 aliphatic heterocycles. The van der Waals surface area contributed by atoms with Gasteiger partial charge in [0.2, 0.25) is 0 Å². The molecular weight excluding hydrogens is 396 g/mol. The lowest BCUT2D eigenvalue weighted by molar-refractivity contribution is 0.0963.